The number of fused-ring (bicyclic) bond motifs is 1. The summed E-state index contributed by atoms with van der Waals surface area (Å²) in [5, 5.41) is 1.83. The van der Waals surface area contributed by atoms with E-state index in [1.807, 2.05) is 24.3 Å². The summed E-state index contributed by atoms with van der Waals surface area (Å²) in [4.78, 5) is 24.2. The van der Waals surface area contributed by atoms with E-state index in [-0.39, 0.29) is 5.78 Å². The van der Waals surface area contributed by atoms with Crippen molar-refractivity contribution in [2.24, 2.45) is 0 Å². The Morgan fingerprint density at radius 3 is 2.72 bits per heavy atom. The number of hydrogen-bond acceptors (Lipinski definition) is 4. The van der Waals surface area contributed by atoms with Crippen LogP contribution in [-0.4, -0.2) is 20.7 Å². The molecule has 0 saturated heterocycles. The Morgan fingerprint density at radius 2 is 1.89 bits per heavy atom. The minimum absolute atomic E-state index is 0.137. The SMILES string of the molecule is O=C(c1ccncn1)c1cncc2ccccc12. The van der Waals surface area contributed by atoms with Crippen molar-refractivity contribution >= 4 is 16.6 Å². The third-order valence-corrected chi connectivity index (χ3v) is 2.73. The van der Waals surface area contributed by atoms with Crippen LogP contribution in [0.5, 0.6) is 0 Å². The smallest absolute Gasteiger partial charge is 0.213 e. The summed E-state index contributed by atoms with van der Waals surface area (Å²) in [6.07, 6.45) is 6.24. The van der Waals surface area contributed by atoms with E-state index in [1.54, 1.807) is 24.7 Å². The van der Waals surface area contributed by atoms with Gasteiger partial charge in [0.1, 0.15) is 12.0 Å². The van der Waals surface area contributed by atoms with Gasteiger partial charge in [0.15, 0.2) is 0 Å². The van der Waals surface area contributed by atoms with Gasteiger partial charge in [-0.2, -0.15) is 0 Å². The molecule has 2 aromatic heterocycles. The summed E-state index contributed by atoms with van der Waals surface area (Å²) in [6.45, 7) is 0. The highest BCUT2D eigenvalue weighted by Gasteiger charge is 2.13. The van der Waals surface area contributed by atoms with E-state index in [1.165, 1.54) is 6.33 Å². The number of ketones is 1. The monoisotopic (exact) mass is 235 g/mol. The molecule has 0 atom stereocenters. The van der Waals surface area contributed by atoms with Gasteiger partial charge in [-0.1, -0.05) is 24.3 Å². The summed E-state index contributed by atoms with van der Waals surface area (Å²) < 4.78 is 0. The van der Waals surface area contributed by atoms with Gasteiger partial charge in [-0.15, -0.1) is 0 Å². The van der Waals surface area contributed by atoms with E-state index in [9.17, 15) is 4.79 Å². The fraction of sp³-hybridized carbons (Fsp3) is 0. The number of benzene rings is 1. The maximum atomic E-state index is 12.3. The third kappa shape index (κ3) is 1.73. The Labute approximate surface area is 103 Å². The predicted molar refractivity (Wildman–Crippen MR) is 67.2 cm³/mol. The molecule has 4 heteroatoms. The molecule has 0 fully saturated rings. The van der Waals surface area contributed by atoms with Crippen molar-refractivity contribution < 1.29 is 4.79 Å². The van der Waals surface area contributed by atoms with Gasteiger partial charge in [0.05, 0.1) is 5.56 Å². The van der Waals surface area contributed by atoms with Crippen LogP contribution in [0.15, 0.2) is 55.2 Å². The van der Waals surface area contributed by atoms with Crippen LogP contribution in [0.2, 0.25) is 0 Å². The largest absolute Gasteiger partial charge is 0.287 e. The van der Waals surface area contributed by atoms with Crippen LogP contribution in [0, 0.1) is 0 Å². The van der Waals surface area contributed by atoms with Crippen LogP contribution >= 0.6 is 0 Å². The molecular weight excluding hydrogens is 226 g/mol. The molecule has 0 aliphatic rings. The number of carbonyl (C=O) groups is 1. The van der Waals surface area contributed by atoms with E-state index in [2.05, 4.69) is 15.0 Å². The first kappa shape index (κ1) is 10.5. The second-order valence-corrected chi connectivity index (χ2v) is 3.83. The zero-order valence-corrected chi connectivity index (χ0v) is 9.45. The van der Waals surface area contributed by atoms with Crippen molar-refractivity contribution in [1.29, 1.82) is 0 Å². The highest BCUT2D eigenvalue weighted by molar-refractivity contribution is 6.15. The summed E-state index contributed by atoms with van der Waals surface area (Å²) in [5.74, 6) is -0.137. The first-order valence-electron chi connectivity index (χ1n) is 5.50. The lowest BCUT2D eigenvalue weighted by molar-refractivity contribution is 0.103. The minimum Gasteiger partial charge on any atom is -0.287 e. The van der Waals surface area contributed by atoms with Crippen LogP contribution in [-0.2, 0) is 0 Å². The van der Waals surface area contributed by atoms with Crippen molar-refractivity contribution in [1.82, 2.24) is 15.0 Å². The van der Waals surface area contributed by atoms with Gasteiger partial charge in [-0.05, 0) is 11.5 Å². The molecule has 1 aromatic carbocycles. The highest BCUT2D eigenvalue weighted by atomic mass is 16.1. The minimum atomic E-state index is -0.137. The Bertz CT molecular complexity index is 705. The molecule has 3 aromatic rings. The van der Waals surface area contributed by atoms with Crippen molar-refractivity contribution in [2.75, 3.05) is 0 Å². The van der Waals surface area contributed by atoms with Crippen LogP contribution in [0.3, 0.4) is 0 Å². The van der Waals surface area contributed by atoms with Gasteiger partial charge in [-0.3, -0.25) is 9.78 Å². The van der Waals surface area contributed by atoms with Gasteiger partial charge in [0.25, 0.3) is 0 Å². The number of aromatic nitrogens is 3. The van der Waals surface area contributed by atoms with Crippen molar-refractivity contribution in [3.8, 4) is 0 Å². The highest BCUT2D eigenvalue weighted by Crippen LogP contribution is 2.19. The number of nitrogens with zero attached hydrogens (tertiary/aromatic N) is 3. The van der Waals surface area contributed by atoms with E-state index in [0.29, 0.717) is 11.3 Å². The van der Waals surface area contributed by atoms with Gasteiger partial charge in [0, 0.05) is 24.0 Å². The Kier molecular flexibility index (Phi) is 2.53. The summed E-state index contributed by atoms with van der Waals surface area (Å²) in [6, 6.07) is 9.26. The molecule has 0 aliphatic heterocycles. The molecule has 86 valence electrons. The molecule has 4 nitrogen and oxygen atoms in total. The van der Waals surface area contributed by atoms with Crippen LogP contribution in [0.4, 0.5) is 0 Å². The van der Waals surface area contributed by atoms with Crippen LogP contribution in [0.25, 0.3) is 10.8 Å². The predicted octanol–water partition coefficient (Wildman–Crippen LogP) is 2.26. The Balaban J connectivity index is 2.18. The lowest BCUT2D eigenvalue weighted by Gasteiger charge is -2.04. The number of carbonyl (C=O) groups excluding carboxylic acids is 1. The zero-order chi connectivity index (χ0) is 12.4. The van der Waals surface area contributed by atoms with Crippen molar-refractivity contribution in [3.63, 3.8) is 0 Å². The fourth-order valence-electron chi connectivity index (χ4n) is 1.86. The zero-order valence-electron chi connectivity index (χ0n) is 9.45. The van der Waals surface area contributed by atoms with Crippen LogP contribution in [0.1, 0.15) is 16.1 Å². The average molecular weight is 235 g/mol. The molecule has 0 radical (unpaired) electrons. The normalized spacial score (nSPS) is 10.4. The Hall–Kier alpha value is -2.62. The first-order chi connectivity index (χ1) is 8.86. The summed E-state index contributed by atoms with van der Waals surface area (Å²) >= 11 is 0. The molecule has 3 rings (SSSR count). The fourth-order valence-corrected chi connectivity index (χ4v) is 1.86. The second kappa shape index (κ2) is 4.33. The average Bonchev–Trinajstić information content (AvgIpc) is 2.47. The van der Waals surface area contributed by atoms with E-state index < -0.39 is 0 Å². The molecule has 0 bridgehead atoms. The number of pyridine rings is 1. The van der Waals surface area contributed by atoms with Crippen LogP contribution < -0.4 is 0 Å². The lowest BCUT2D eigenvalue weighted by atomic mass is 10.0. The van der Waals surface area contributed by atoms with Gasteiger partial charge in [0.2, 0.25) is 5.78 Å². The molecule has 2 heterocycles. The molecule has 0 N–H and O–H groups in total. The molecule has 18 heavy (non-hydrogen) atoms. The molecular formula is C14H9N3O. The van der Waals surface area contributed by atoms with Crippen molar-refractivity contribution in [3.05, 3.63) is 66.5 Å². The van der Waals surface area contributed by atoms with E-state index >= 15 is 0 Å². The number of hydrogen-bond donors (Lipinski definition) is 0. The molecule has 0 amide bonds. The summed E-state index contributed by atoms with van der Waals surface area (Å²) in [5.41, 5.74) is 0.940. The first-order valence-corrected chi connectivity index (χ1v) is 5.50. The Morgan fingerprint density at radius 1 is 1.00 bits per heavy atom. The second-order valence-electron chi connectivity index (χ2n) is 3.83. The molecule has 0 saturated carbocycles. The van der Waals surface area contributed by atoms with Gasteiger partial charge in [-0.25, -0.2) is 9.97 Å². The van der Waals surface area contributed by atoms with Gasteiger partial charge >= 0.3 is 0 Å². The van der Waals surface area contributed by atoms with E-state index in [0.717, 1.165) is 10.8 Å². The summed E-state index contributed by atoms with van der Waals surface area (Å²) in [7, 11) is 0. The standard InChI is InChI=1S/C14H9N3O/c18-14(13-5-6-15-9-17-13)12-8-16-7-10-3-1-2-4-11(10)12/h1-9H. The topological polar surface area (TPSA) is 55.7 Å². The quantitative estimate of drug-likeness (QED) is 0.639. The third-order valence-electron chi connectivity index (χ3n) is 2.73. The lowest BCUT2D eigenvalue weighted by Crippen LogP contribution is -2.05. The molecule has 0 spiro atoms. The number of rotatable bonds is 2. The maximum Gasteiger partial charge on any atom is 0.213 e. The van der Waals surface area contributed by atoms with E-state index in [4.69, 9.17) is 0 Å². The van der Waals surface area contributed by atoms with Crippen molar-refractivity contribution in [2.45, 2.75) is 0 Å². The molecule has 0 unspecified atom stereocenters. The maximum absolute atomic E-state index is 12.3. The molecule has 0 aliphatic carbocycles. The van der Waals surface area contributed by atoms with Gasteiger partial charge < -0.3 is 0 Å².